The lowest BCUT2D eigenvalue weighted by Gasteiger charge is -2.08. The van der Waals surface area contributed by atoms with Crippen molar-refractivity contribution >= 4 is 29.1 Å². The normalized spacial score (nSPS) is 10.8. The molecule has 1 amide bonds. The maximum Gasteiger partial charge on any atom is 0.264 e. The maximum atomic E-state index is 12.2. The molecule has 3 heterocycles. The zero-order valence-corrected chi connectivity index (χ0v) is 15.7. The minimum atomic E-state index is -0.359. The number of anilines is 1. The second-order valence-corrected chi connectivity index (χ2v) is 6.47. The molecule has 1 aromatic carbocycles. The average molecular weight is 394 g/mol. The highest BCUT2D eigenvalue weighted by Gasteiger charge is 2.13. The van der Waals surface area contributed by atoms with Gasteiger partial charge in [0, 0.05) is 17.4 Å². The summed E-state index contributed by atoms with van der Waals surface area (Å²) in [7, 11) is 0. The lowest BCUT2D eigenvalue weighted by molar-refractivity contribution is -0.118. The predicted octanol–water partition coefficient (Wildman–Crippen LogP) is 3.77. The van der Waals surface area contributed by atoms with Crippen LogP contribution in [0.4, 0.5) is 5.95 Å². The van der Waals surface area contributed by atoms with E-state index in [2.05, 4.69) is 20.3 Å². The first-order valence-corrected chi connectivity index (χ1v) is 8.93. The van der Waals surface area contributed by atoms with Gasteiger partial charge in [0.15, 0.2) is 6.61 Å². The van der Waals surface area contributed by atoms with Crippen molar-refractivity contribution in [1.29, 1.82) is 0 Å². The number of benzene rings is 1. The Morgan fingerprint density at radius 1 is 1.14 bits per heavy atom. The molecule has 4 rings (SSSR count). The smallest absolute Gasteiger partial charge is 0.264 e. The molecule has 0 aliphatic carbocycles. The van der Waals surface area contributed by atoms with Crippen LogP contribution in [0.2, 0.25) is 5.02 Å². The van der Waals surface area contributed by atoms with Gasteiger partial charge < -0.3 is 4.74 Å². The van der Waals surface area contributed by atoms with Crippen LogP contribution in [-0.2, 0) is 4.79 Å². The van der Waals surface area contributed by atoms with Crippen LogP contribution in [0.25, 0.3) is 17.0 Å². The van der Waals surface area contributed by atoms with Gasteiger partial charge in [-0.15, -0.1) is 0 Å². The molecule has 0 unspecified atom stereocenters. The molecule has 0 fully saturated rings. The number of hydrogen-bond acceptors (Lipinski definition) is 5. The molecule has 0 radical (unpaired) electrons. The molecule has 0 aliphatic heterocycles. The molecule has 0 aliphatic rings. The fraction of sp³-hybridized carbons (Fsp3) is 0.100. The Hall–Kier alpha value is -3.45. The minimum Gasteiger partial charge on any atom is -0.484 e. The van der Waals surface area contributed by atoms with Gasteiger partial charge in [-0.25, -0.2) is 15.0 Å². The fourth-order valence-corrected chi connectivity index (χ4v) is 2.94. The number of rotatable bonds is 5. The summed E-state index contributed by atoms with van der Waals surface area (Å²) in [4.78, 5) is 25.3. The molecule has 0 saturated heterocycles. The van der Waals surface area contributed by atoms with Crippen molar-refractivity contribution in [1.82, 2.24) is 19.4 Å². The summed E-state index contributed by atoms with van der Waals surface area (Å²) in [6.07, 6.45) is 3.52. The lowest BCUT2D eigenvalue weighted by atomic mass is 10.2. The molecule has 0 atom stereocenters. The van der Waals surface area contributed by atoms with Crippen molar-refractivity contribution in [2.75, 3.05) is 11.9 Å². The van der Waals surface area contributed by atoms with E-state index in [1.807, 2.05) is 35.7 Å². The molecular formula is C20H16ClN5O2. The van der Waals surface area contributed by atoms with Crippen molar-refractivity contribution in [3.63, 3.8) is 0 Å². The Morgan fingerprint density at radius 3 is 2.79 bits per heavy atom. The van der Waals surface area contributed by atoms with Crippen molar-refractivity contribution < 1.29 is 9.53 Å². The van der Waals surface area contributed by atoms with Gasteiger partial charge in [0.05, 0.1) is 17.1 Å². The highest BCUT2D eigenvalue weighted by atomic mass is 35.5. The number of fused-ring (bicyclic) bond motifs is 1. The number of ether oxygens (including phenoxy) is 1. The Bertz CT molecular complexity index is 1140. The summed E-state index contributed by atoms with van der Waals surface area (Å²) >= 11 is 5.83. The van der Waals surface area contributed by atoms with E-state index in [1.165, 1.54) is 0 Å². The van der Waals surface area contributed by atoms with Crippen LogP contribution in [0.3, 0.4) is 0 Å². The number of nitrogens with one attached hydrogen (secondary N) is 1. The molecule has 7 nitrogen and oxygen atoms in total. The first-order valence-electron chi connectivity index (χ1n) is 8.55. The van der Waals surface area contributed by atoms with Gasteiger partial charge in [0.25, 0.3) is 5.91 Å². The Kier molecular flexibility index (Phi) is 4.90. The van der Waals surface area contributed by atoms with Crippen LogP contribution in [0.5, 0.6) is 5.75 Å². The standard InChI is InChI=1S/C20H16ClN5O2/c1-13-19(26-11-3-2-4-17(26)23-13)16-9-10-22-20(24-16)25-18(27)12-28-15-7-5-14(21)6-8-15/h2-11H,12H2,1H3,(H,22,24,25,27). The lowest BCUT2D eigenvalue weighted by Crippen LogP contribution is -2.21. The molecule has 140 valence electrons. The van der Waals surface area contributed by atoms with E-state index >= 15 is 0 Å². The third-order valence-corrected chi connectivity index (χ3v) is 4.29. The fourth-order valence-electron chi connectivity index (χ4n) is 2.81. The van der Waals surface area contributed by atoms with Crippen molar-refractivity contribution in [2.24, 2.45) is 0 Å². The van der Waals surface area contributed by atoms with Crippen molar-refractivity contribution in [3.05, 3.63) is 71.6 Å². The molecule has 0 saturated carbocycles. The highest BCUT2D eigenvalue weighted by Crippen LogP contribution is 2.23. The largest absolute Gasteiger partial charge is 0.484 e. The van der Waals surface area contributed by atoms with Gasteiger partial charge in [-0.3, -0.25) is 14.5 Å². The third kappa shape index (κ3) is 3.79. The van der Waals surface area contributed by atoms with Crippen LogP contribution in [0, 0.1) is 6.92 Å². The summed E-state index contributed by atoms with van der Waals surface area (Å²) in [5.41, 5.74) is 3.19. The average Bonchev–Trinajstić information content (AvgIpc) is 3.03. The number of imidazole rings is 1. The van der Waals surface area contributed by atoms with Gasteiger partial charge in [-0.1, -0.05) is 17.7 Å². The van der Waals surface area contributed by atoms with Crippen LogP contribution in [0.1, 0.15) is 5.69 Å². The maximum absolute atomic E-state index is 12.2. The SMILES string of the molecule is Cc1nc2ccccn2c1-c1ccnc(NC(=O)COc2ccc(Cl)cc2)n1. The van der Waals surface area contributed by atoms with Gasteiger partial charge in [-0.2, -0.15) is 0 Å². The summed E-state index contributed by atoms with van der Waals surface area (Å²) in [5.74, 6) is 0.394. The van der Waals surface area contributed by atoms with Crippen LogP contribution in [0.15, 0.2) is 60.9 Å². The van der Waals surface area contributed by atoms with E-state index in [4.69, 9.17) is 16.3 Å². The quantitative estimate of drug-likeness (QED) is 0.558. The number of nitrogens with zero attached hydrogens (tertiary/aromatic N) is 4. The predicted molar refractivity (Wildman–Crippen MR) is 107 cm³/mol. The molecule has 0 spiro atoms. The van der Waals surface area contributed by atoms with Gasteiger partial charge in [0.2, 0.25) is 5.95 Å². The molecule has 3 aromatic heterocycles. The van der Waals surface area contributed by atoms with Crippen molar-refractivity contribution in [3.8, 4) is 17.1 Å². The zero-order valence-electron chi connectivity index (χ0n) is 15.0. The van der Waals surface area contributed by atoms with Crippen molar-refractivity contribution in [2.45, 2.75) is 6.92 Å². The zero-order chi connectivity index (χ0) is 19.5. The Labute approximate surface area is 166 Å². The number of amides is 1. The number of aryl methyl sites for hydroxylation is 1. The topological polar surface area (TPSA) is 81.4 Å². The highest BCUT2D eigenvalue weighted by molar-refractivity contribution is 6.30. The van der Waals surface area contributed by atoms with Gasteiger partial charge >= 0.3 is 0 Å². The molecular weight excluding hydrogens is 378 g/mol. The number of pyridine rings is 1. The monoisotopic (exact) mass is 393 g/mol. The third-order valence-electron chi connectivity index (χ3n) is 4.04. The van der Waals surface area contributed by atoms with Crippen LogP contribution < -0.4 is 10.1 Å². The molecule has 0 bridgehead atoms. The Morgan fingerprint density at radius 2 is 1.96 bits per heavy atom. The summed E-state index contributed by atoms with van der Waals surface area (Å²) < 4.78 is 7.39. The summed E-state index contributed by atoms with van der Waals surface area (Å²) in [6.45, 7) is 1.76. The van der Waals surface area contributed by atoms with E-state index in [0.29, 0.717) is 16.5 Å². The number of aromatic nitrogens is 4. The van der Waals surface area contributed by atoms with Gasteiger partial charge in [0.1, 0.15) is 11.4 Å². The number of carbonyl (C=O) groups is 1. The molecule has 4 aromatic rings. The second-order valence-electron chi connectivity index (χ2n) is 6.03. The Balaban J connectivity index is 1.50. The van der Waals surface area contributed by atoms with E-state index in [9.17, 15) is 4.79 Å². The van der Waals surface area contributed by atoms with Crippen LogP contribution >= 0.6 is 11.6 Å². The second kappa shape index (κ2) is 7.66. The number of halogens is 1. The number of carbonyl (C=O) groups excluding carboxylic acids is 1. The van der Waals surface area contributed by atoms with E-state index in [-0.39, 0.29) is 18.5 Å². The summed E-state index contributed by atoms with van der Waals surface area (Å²) in [5, 5.41) is 3.25. The van der Waals surface area contributed by atoms with E-state index < -0.39 is 0 Å². The van der Waals surface area contributed by atoms with Gasteiger partial charge in [-0.05, 0) is 49.4 Å². The minimum absolute atomic E-state index is 0.163. The molecule has 28 heavy (non-hydrogen) atoms. The first-order chi connectivity index (χ1) is 13.6. The summed E-state index contributed by atoms with van der Waals surface area (Å²) in [6, 6.07) is 14.3. The molecule has 1 N–H and O–H groups in total. The molecule has 8 heteroatoms. The van der Waals surface area contributed by atoms with E-state index in [0.717, 1.165) is 17.0 Å². The van der Waals surface area contributed by atoms with Crippen LogP contribution in [-0.4, -0.2) is 31.9 Å². The number of hydrogen-bond donors (Lipinski definition) is 1. The first kappa shape index (κ1) is 17.9. The van der Waals surface area contributed by atoms with E-state index in [1.54, 1.807) is 36.5 Å².